The van der Waals surface area contributed by atoms with Crippen molar-refractivity contribution in [2.24, 2.45) is 0 Å². The van der Waals surface area contributed by atoms with E-state index in [1.165, 1.54) is 49.6 Å². The number of aliphatic hydroxyl groups excluding tert-OH is 2. The molecule has 6 heteroatoms. The molecule has 6 nitrogen and oxygen atoms in total. The maximum Gasteiger partial charge on any atom is 0.163 e. The van der Waals surface area contributed by atoms with Gasteiger partial charge in [0.2, 0.25) is 0 Å². The monoisotopic (exact) mass is 370 g/mol. The van der Waals surface area contributed by atoms with E-state index in [4.69, 9.17) is 14.9 Å². The number of rotatable bonds is 9. The summed E-state index contributed by atoms with van der Waals surface area (Å²) in [5.74, 6) is -0.770. The van der Waals surface area contributed by atoms with Crippen molar-refractivity contribution in [3.05, 3.63) is 77.8 Å². The third-order valence-corrected chi connectivity index (χ3v) is 3.39. The second kappa shape index (κ2) is 11.1. The van der Waals surface area contributed by atoms with Gasteiger partial charge in [-0.15, -0.1) is 0 Å². The second-order valence-electron chi connectivity index (χ2n) is 5.38. The molecule has 0 bridgehead atoms. The molecule has 3 N–H and O–H groups in total. The van der Waals surface area contributed by atoms with Gasteiger partial charge in [0.05, 0.1) is 13.5 Å². The lowest BCUT2D eigenvalue weighted by atomic mass is 10.1. The van der Waals surface area contributed by atoms with E-state index in [0.29, 0.717) is 17.4 Å². The number of hydrogen-bond acceptors (Lipinski definition) is 6. The van der Waals surface area contributed by atoms with Gasteiger partial charge in [-0.3, -0.25) is 9.59 Å². The maximum atomic E-state index is 11.9. The molecule has 1 aromatic rings. The number of methoxy groups -OCH3 is 1. The van der Waals surface area contributed by atoms with Crippen LogP contribution in [0.1, 0.15) is 18.9 Å². The molecule has 1 rings (SSSR count). The van der Waals surface area contributed by atoms with Crippen LogP contribution in [0.25, 0.3) is 6.08 Å². The van der Waals surface area contributed by atoms with Gasteiger partial charge in [0.1, 0.15) is 12.0 Å². The molecule has 0 aromatic heterocycles. The Morgan fingerprint density at radius 2 is 1.74 bits per heavy atom. The van der Waals surface area contributed by atoms with Crippen LogP contribution in [0.2, 0.25) is 0 Å². The average Bonchev–Trinajstić information content (AvgIpc) is 2.67. The van der Waals surface area contributed by atoms with Gasteiger partial charge in [-0.05, 0) is 48.4 Å². The van der Waals surface area contributed by atoms with Crippen LogP contribution >= 0.6 is 0 Å². The molecule has 0 fully saturated rings. The van der Waals surface area contributed by atoms with Crippen LogP contribution in [-0.2, 0) is 9.59 Å². The Labute approximate surface area is 157 Å². The number of phenolic OH excluding ortho intramolecular Hbond substituents is 1. The summed E-state index contributed by atoms with van der Waals surface area (Å²) in [7, 11) is 1.42. The van der Waals surface area contributed by atoms with E-state index in [9.17, 15) is 14.7 Å². The second-order valence-corrected chi connectivity index (χ2v) is 5.38. The van der Waals surface area contributed by atoms with Gasteiger partial charge in [-0.1, -0.05) is 30.4 Å². The Balaban J connectivity index is 2.66. The highest BCUT2D eigenvalue weighted by Gasteiger charge is 2.05. The topological polar surface area (TPSA) is 104 Å². The summed E-state index contributed by atoms with van der Waals surface area (Å²) < 4.78 is 4.99. The molecule has 0 aliphatic heterocycles. The predicted molar refractivity (Wildman–Crippen MR) is 104 cm³/mol. The summed E-state index contributed by atoms with van der Waals surface area (Å²) in [5, 5.41) is 27.3. The third-order valence-electron chi connectivity index (χ3n) is 3.39. The van der Waals surface area contributed by atoms with E-state index in [-0.39, 0.29) is 35.2 Å². The number of phenols is 1. The standard InChI is InChI=1S/C21H22O6/c1-3-15(5-10-19(25)14-22)4-8-17(23)13-18(24)9-6-16-7-11-20(26)21(12-16)27-2/h3-12,14,22,25-26H,13H2,1-2H3/b8-4+,9-6+,10-5+,15-3-,19-14-. The first-order valence-corrected chi connectivity index (χ1v) is 8.06. The molecule has 27 heavy (non-hydrogen) atoms. The molecule has 0 saturated heterocycles. The summed E-state index contributed by atoms with van der Waals surface area (Å²) in [6, 6.07) is 4.64. The number of aromatic hydroxyl groups is 1. The van der Waals surface area contributed by atoms with Crippen LogP contribution in [-0.4, -0.2) is 34.0 Å². The van der Waals surface area contributed by atoms with E-state index in [0.717, 1.165) is 0 Å². The Bertz CT molecular complexity index is 825. The molecule has 0 spiro atoms. The van der Waals surface area contributed by atoms with Crippen molar-refractivity contribution < 1.29 is 29.6 Å². The van der Waals surface area contributed by atoms with Gasteiger partial charge in [0, 0.05) is 0 Å². The summed E-state index contributed by atoms with van der Waals surface area (Å²) in [6.45, 7) is 1.74. The van der Waals surface area contributed by atoms with Crippen LogP contribution in [0, 0.1) is 0 Å². The van der Waals surface area contributed by atoms with Gasteiger partial charge in [0.15, 0.2) is 23.1 Å². The SMILES string of the molecule is C/C=C(/C=C/C(=O)CC(=O)/C=C/c1ccc(O)c(OC)c1)\C=C\C(O)=C\O. The fraction of sp³-hybridized carbons (Fsp3) is 0.143. The van der Waals surface area contributed by atoms with Crippen LogP contribution in [0.3, 0.4) is 0 Å². The predicted octanol–water partition coefficient (Wildman–Crippen LogP) is 3.96. The molecule has 0 aliphatic rings. The number of benzene rings is 1. The van der Waals surface area contributed by atoms with E-state index >= 15 is 0 Å². The molecule has 0 unspecified atom stereocenters. The number of aliphatic hydroxyl groups is 2. The molecule has 1 aromatic carbocycles. The number of ether oxygens (including phenoxy) is 1. The quantitative estimate of drug-likeness (QED) is 0.263. The van der Waals surface area contributed by atoms with E-state index in [1.807, 2.05) is 0 Å². The number of carbonyl (C=O) groups is 2. The van der Waals surface area contributed by atoms with Crippen LogP contribution < -0.4 is 4.74 Å². The fourth-order valence-electron chi connectivity index (χ4n) is 1.94. The van der Waals surface area contributed by atoms with Gasteiger partial charge in [-0.2, -0.15) is 0 Å². The Morgan fingerprint density at radius 1 is 1.07 bits per heavy atom. The van der Waals surface area contributed by atoms with Gasteiger partial charge in [-0.25, -0.2) is 0 Å². The molecule has 0 radical (unpaired) electrons. The van der Waals surface area contributed by atoms with Crippen LogP contribution in [0.15, 0.2) is 72.2 Å². The third kappa shape index (κ3) is 7.92. The van der Waals surface area contributed by atoms with Crippen LogP contribution in [0.5, 0.6) is 11.5 Å². The summed E-state index contributed by atoms with van der Waals surface area (Å²) >= 11 is 0. The average molecular weight is 370 g/mol. The minimum absolute atomic E-state index is 0.00192. The zero-order valence-corrected chi connectivity index (χ0v) is 15.1. The minimum Gasteiger partial charge on any atom is -0.512 e. The number of allylic oxidation sites excluding steroid dienone is 7. The fourth-order valence-corrected chi connectivity index (χ4v) is 1.94. The molecule has 0 saturated carbocycles. The van der Waals surface area contributed by atoms with Crippen molar-refractivity contribution in [3.8, 4) is 11.5 Å². The molecular weight excluding hydrogens is 348 g/mol. The largest absolute Gasteiger partial charge is 0.512 e. The lowest BCUT2D eigenvalue weighted by Gasteiger charge is -2.03. The Kier molecular flexibility index (Phi) is 8.88. The first-order chi connectivity index (χ1) is 12.9. The smallest absolute Gasteiger partial charge is 0.163 e. The number of carbonyl (C=O) groups excluding carboxylic acids is 2. The lowest BCUT2D eigenvalue weighted by molar-refractivity contribution is -0.121. The highest BCUT2D eigenvalue weighted by molar-refractivity contribution is 6.09. The summed E-state index contributed by atoms with van der Waals surface area (Å²) in [4.78, 5) is 23.8. The first-order valence-electron chi connectivity index (χ1n) is 8.06. The van der Waals surface area contributed by atoms with Gasteiger partial charge >= 0.3 is 0 Å². The molecular formula is C21H22O6. The lowest BCUT2D eigenvalue weighted by Crippen LogP contribution is -2.02. The van der Waals surface area contributed by atoms with Crippen molar-refractivity contribution in [3.63, 3.8) is 0 Å². The van der Waals surface area contributed by atoms with Crippen molar-refractivity contribution in [1.82, 2.24) is 0 Å². The van der Waals surface area contributed by atoms with Crippen molar-refractivity contribution in [2.75, 3.05) is 7.11 Å². The highest BCUT2D eigenvalue weighted by atomic mass is 16.5. The van der Waals surface area contributed by atoms with Crippen LogP contribution in [0.4, 0.5) is 0 Å². The van der Waals surface area contributed by atoms with Gasteiger partial charge in [0.25, 0.3) is 0 Å². The minimum atomic E-state index is -0.373. The van der Waals surface area contributed by atoms with Crippen molar-refractivity contribution in [2.45, 2.75) is 13.3 Å². The van der Waals surface area contributed by atoms with E-state index in [2.05, 4.69) is 0 Å². The molecule has 0 atom stereocenters. The normalized spacial score (nSPS) is 13.0. The zero-order chi connectivity index (χ0) is 20.2. The number of hydrogen-bond donors (Lipinski definition) is 3. The van der Waals surface area contributed by atoms with E-state index < -0.39 is 0 Å². The number of ketones is 2. The molecule has 0 heterocycles. The first kappa shape index (κ1) is 21.5. The Morgan fingerprint density at radius 3 is 2.37 bits per heavy atom. The molecule has 0 amide bonds. The summed E-state index contributed by atoms with van der Waals surface area (Å²) in [6.07, 6.45) is 10.3. The molecule has 0 aliphatic carbocycles. The maximum absolute atomic E-state index is 11.9. The zero-order valence-electron chi connectivity index (χ0n) is 15.1. The molecule has 142 valence electrons. The summed E-state index contributed by atoms with van der Waals surface area (Å²) in [5.41, 5.74) is 1.27. The highest BCUT2D eigenvalue weighted by Crippen LogP contribution is 2.26. The van der Waals surface area contributed by atoms with Crippen molar-refractivity contribution >= 4 is 17.6 Å². The van der Waals surface area contributed by atoms with E-state index in [1.54, 1.807) is 25.1 Å². The van der Waals surface area contributed by atoms with Gasteiger partial charge < -0.3 is 20.1 Å². The Hall–Kier alpha value is -3.54. The van der Waals surface area contributed by atoms with Crippen molar-refractivity contribution in [1.29, 1.82) is 0 Å².